The second-order valence-corrected chi connectivity index (χ2v) is 8.12. The van der Waals surface area contributed by atoms with Crippen LogP contribution in [0.4, 0.5) is 4.79 Å². The highest BCUT2D eigenvalue weighted by molar-refractivity contribution is 7.99. The average molecular weight is 340 g/mol. The summed E-state index contributed by atoms with van der Waals surface area (Å²) in [5.74, 6) is 0. The Morgan fingerprint density at radius 2 is 2.26 bits per heavy atom. The van der Waals surface area contributed by atoms with Gasteiger partial charge in [0, 0.05) is 37.5 Å². The number of thioether (sulfide) groups is 1. The van der Waals surface area contributed by atoms with E-state index in [2.05, 4.69) is 21.6 Å². The Hall–Kier alpha value is -1.21. The van der Waals surface area contributed by atoms with Crippen molar-refractivity contribution in [3.63, 3.8) is 0 Å². The van der Waals surface area contributed by atoms with Crippen LogP contribution in [0.1, 0.15) is 38.4 Å². The summed E-state index contributed by atoms with van der Waals surface area (Å²) < 4.78 is 7.18. The number of carbonyl (C=O) groups excluding carboxylic acids is 1. The Bertz CT molecular complexity index is 539. The number of hydrogen-bond donors (Lipinski definition) is 1. The largest absolute Gasteiger partial charge is 0.444 e. The predicted octanol–water partition coefficient (Wildman–Crippen LogP) is 2.38. The minimum absolute atomic E-state index is 0.393. The van der Waals surface area contributed by atoms with Crippen LogP contribution in [-0.4, -0.2) is 51.0 Å². The molecule has 0 bridgehead atoms. The summed E-state index contributed by atoms with van der Waals surface area (Å²) in [7, 11) is 1.95. The van der Waals surface area contributed by atoms with E-state index in [0.717, 1.165) is 36.1 Å². The van der Waals surface area contributed by atoms with Gasteiger partial charge in [-0.25, -0.2) is 4.79 Å². The normalized spacial score (nSPS) is 19.1. The Balaban J connectivity index is 1.92. The maximum Gasteiger partial charge on any atom is 0.407 e. The number of nitrogens with zero attached hydrogens (tertiary/aromatic N) is 3. The van der Waals surface area contributed by atoms with Crippen molar-refractivity contribution in [3.05, 3.63) is 17.5 Å². The quantitative estimate of drug-likeness (QED) is 0.892. The van der Waals surface area contributed by atoms with Crippen LogP contribution in [0.2, 0.25) is 0 Å². The van der Waals surface area contributed by atoms with E-state index in [1.807, 2.05) is 50.5 Å². The van der Waals surface area contributed by atoms with Crippen molar-refractivity contribution in [2.24, 2.45) is 7.05 Å². The summed E-state index contributed by atoms with van der Waals surface area (Å²) in [5.41, 5.74) is 1.72. The molecule has 1 aliphatic heterocycles. The third-order valence-corrected chi connectivity index (χ3v) is 4.96. The molecule has 130 valence electrons. The molecule has 1 unspecified atom stereocenters. The smallest absolute Gasteiger partial charge is 0.407 e. The third-order valence-electron chi connectivity index (χ3n) is 3.91. The molecule has 1 aliphatic rings. The number of alkyl carbamates (subject to hydrolysis) is 1. The maximum atomic E-state index is 11.8. The topological polar surface area (TPSA) is 59.4 Å². The monoisotopic (exact) mass is 340 g/mol. The van der Waals surface area contributed by atoms with Crippen LogP contribution >= 0.6 is 11.8 Å². The van der Waals surface area contributed by atoms with Crippen LogP contribution < -0.4 is 5.32 Å². The number of carbonyl (C=O) groups is 1. The highest BCUT2D eigenvalue weighted by atomic mass is 32.2. The number of aromatic nitrogens is 2. The number of aryl methyl sites for hydroxylation is 1. The minimum atomic E-state index is -0.482. The molecule has 1 aromatic heterocycles. The lowest BCUT2D eigenvalue weighted by Gasteiger charge is -2.20. The lowest BCUT2D eigenvalue weighted by atomic mass is 10.2. The van der Waals surface area contributed by atoms with Gasteiger partial charge in [-0.2, -0.15) is 16.9 Å². The zero-order valence-electron chi connectivity index (χ0n) is 14.8. The summed E-state index contributed by atoms with van der Waals surface area (Å²) in [4.78, 5) is 14.3. The van der Waals surface area contributed by atoms with E-state index < -0.39 is 11.7 Å². The van der Waals surface area contributed by atoms with Crippen LogP contribution in [0.25, 0.3) is 0 Å². The summed E-state index contributed by atoms with van der Waals surface area (Å²) >= 11 is 1.94. The van der Waals surface area contributed by atoms with Crippen LogP contribution in [0, 0.1) is 0 Å². The summed E-state index contributed by atoms with van der Waals surface area (Å²) in [5, 5.41) is 7.89. The van der Waals surface area contributed by atoms with E-state index in [0.29, 0.717) is 6.54 Å². The molecule has 1 N–H and O–H groups in total. The van der Waals surface area contributed by atoms with E-state index in [-0.39, 0.29) is 0 Å². The number of ether oxygens (including phenoxy) is 1. The Morgan fingerprint density at radius 3 is 2.87 bits per heavy atom. The van der Waals surface area contributed by atoms with Crippen molar-refractivity contribution in [3.8, 4) is 0 Å². The van der Waals surface area contributed by atoms with Crippen molar-refractivity contribution in [1.82, 2.24) is 20.0 Å². The zero-order valence-corrected chi connectivity index (χ0v) is 15.6. The second kappa shape index (κ2) is 7.57. The van der Waals surface area contributed by atoms with Crippen molar-refractivity contribution >= 4 is 17.9 Å². The van der Waals surface area contributed by atoms with Gasteiger partial charge in [0.25, 0.3) is 0 Å². The van der Waals surface area contributed by atoms with Gasteiger partial charge in [0.15, 0.2) is 0 Å². The lowest BCUT2D eigenvalue weighted by Crippen LogP contribution is -2.32. The predicted molar refractivity (Wildman–Crippen MR) is 93.5 cm³/mol. The van der Waals surface area contributed by atoms with Crippen molar-refractivity contribution in [2.45, 2.75) is 51.1 Å². The third kappa shape index (κ3) is 5.42. The molecule has 1 saturated heterocycles. The first kappa shape index (κ1) is 18.1. The first-order valence-electron chi connectivity index (χ1n) is 8.00. The molecule has 1 atom stereocenters. The second-order valence-electron chi connectivity index (χ2n) is 6.98. The highest BCUT2D eigenvalue weighted by Crippen LogP contribution is 2.22. The Morgan fingerprint density at radius 1 is 1.52 bits per heavy atom. The van der Waals surface area contributed by atoms with Crippen LogP contribution in [0.3, 0.4) is 0 Å². The first-order chi connectivity index (χ1) is 10.8. The standard InChI is InChI=1S/C16H28N4O2S/c1-16(2,3)22-15(21)17-8-12-9-18-19(4)14(12)11-20-7-6-13(10-20)23-5/h9,13H,6-8,10-11H2,1-5H3,(H,17,21). The van der Waals surface area contributed by atoms with Gasteiger partial charge >= 0.3 is 6.09 Å². The molecule has 1 fully saturated rings. The molecule has 2 rings (SSSR count). The summed E-state index contributed by atoms with van der Waals surface area (Å²) in [6.45, 7) is 9.13. The Labute approximate surface area is 142 Å². The first-order valence-corrected chi connectivity index (χ1v) is 9.29. The van der Waals surface area contributed by atoms with Crippen molar-refractivity contribution in [2.75, 3.05) is 19.3 Å². The molecule has 0 aromatic carbocycles. The number of likely N-dealkylation sites (tertiary alicyclic amines) is 1. The average Bonchev–Trinajstić information content (AvgIpc) is 3.04. The fourth-order valence-corrected chi connectivity index (χ4v) is 3.39. The Kier molecular flexibility index (Phi) is 5.97. The molecular formula is C16H28N4O2S. The molecule has 23 heavy (non-hydrogen) atoms. The molecule has 0 radical (unpaired) electrons. The van der Waals surface area contributed by atoms with Crippen molar-refractivity contribution < 1.29 is 9.53 Å². The van der Waals surface area contributed by atoms with Crippen molar-refractivity contribution in [1.29, 1.82) is 0 Å². The van der Waals surface area contributed by atoms with Gasteiger partial charge in [-0.3, -0.25) is 9.58 Å². The van der Waals surface area contributed by atoms with Crippen LogP contribution in [-0.2, 0) is 24.9 Å². The lowest BCUT2D eigenvalue weighted by molar-refractivity contribution is 0.0523. The highest BCUT2D eigenvalue weighted by Gasteiger charge is 2.23. The van der Waals surface area contributed by atoms with Gasteiger partial charge in [0.1, 0.15) is 5.60 Å². The summed E-state index contributed by atoms with van der Waals surface area (Å²) in [6, 6.07) is 0. The van der Waals surface area contributed by atoms with Gasteiger partial charge in [-0.1, -0.05) is 0 Å². The molecule has 2 heterocycles. The molecule has 1 amide bonds. The van der Waals surface area contributed by atoms with Gasteiger partial charge in [0.2, 0.25) is 0 Å². The van der Waals surface area contributed by atoms with Gasteiger partial charge in [-0.05, 0) is 40.0 Å². The fraction of sp³-hybridized carbons (Fsp3) is 0.750. The summed E-state index contributed by atoms with van der Waals surface area (Å²) in [6.07, 6.45) is 4.85. The van der Waals surface area contributed by atoms with E-state index in [4.69, 9.17) is 4.74 Å². The molecule has 0 saturated carbocycles. The minimum Gasteiger partial charge on any atom is -0.444 e. The van der Waals surface area contributed by atoms with E-state index in [1.54, 1.807) is 0 Å². The van der Waals surface area contributed by atoms with Gasteiger partial charge < -0.3 is 10.1 Å². The van der Waals surface area contributed by atoms with Crippen LogP contribution in [0.5, 0.6) is 0 Å². The molecule has 6 nitrogen and oxygen atoms in total. The van der Waals surface area contributed by atoms with E-state index >= 15 is 0 Å². The number of hydrogen-bond acceptors (Lipinski definition) is 5. The molecule has 1 aromatic rings. The van der Waals surface area contributed by atoms with Crippen LogP contribution in [0.15, 0.2) is 6.20 Å². The zero-order chi connectivity index (χ0) is 17.0. The molecule has 7 heteroatoms. The SMILES string of the molecule is CSC1CCN(Cc2c(CNC(=O)OC(C)(C)C)cnn2C)C1. The number of amides is 1. The number of nitrogens with one attached hydrogen (secondary N) is 1. The maximum absolute atomic E-state index is 11.8. The fourth-order valence-electron chi connectivity index (χ4n) is 2.69. The van der Waals surface area contributed by atoms with Gasteiger partial charge in [0.05, 0.1) is 11.9 Å². The van der Waals surface area contributed by atoms with Gasteiger partial charge in [-0.15, -0.1) is 0 Å². The molecular weight excluding hydrogens is 312 g/mol. The van der Waals surface area contributed by atoms with E-state index in [9.17, 15) is 4.79 Å². The van der Waals surface area contributed by atoms with E-state index in [1.165, 1.54) is 6.42 Å². The number of rotatable bonds is 5. The molecule has 0 spiro atoms. The molecule has 0 aliphatic carbocycles.